The van der Waals surface area contributed by atoms with Crippen LogP contribution in [0.3, 0.4) is 0 Å². The Kier molecular flexibility index (Phi) is 4.28. The monoisotopic (exact) mass is 422 g/mol. The molecule has 0 saturated heterocycles. The third-order valence-corrected chi connectivity index (χ3v) is 9.64. The number of hydrogen-bond acceptors (Lipinski definition) is 0. The van der Waals surface area contributed by atoms with E-state index in [1.165, 1.54) is 53.1 Å². The van der Waals surface area contributed by atoms with E-state index in [-0.39, 0.29) is 0 Å². The maximum Gasteiger partial charge on any atom is -0.000316 e. The second kappa shape index (κ2) is 7.02. The molecule has 2 unspecified atom stereocenters. The van der Waals surface area contributed by atoms with Crippen molar-refractivity contribution in [1.29, 1.82) is 0 Å². The number of benzene rings is 4. The van der Waals surface area contributed by atoms with E-state index in [0.29, 0.717) is 11.8 Å². The van der Waals surface area contributed by atoms with Crippen LogP contribution in [0.25, 0.3) is 42.0 Å². The van der Waals surface area contributed by atoms with Crippen molar-refractivity contribution in [3.05, 3.63) is 96.1 Å². The maximum absolute atomic E-state index is 2.42. The number of rotatable bonds is 3. The molecule has 2 heteroatoms. The maximum atomic E-state index is 2.42. The minimum atomic E-state index is 0.457. The molecule has 0 spiro atoms. The Labute approximate surface area is 180 Å². The van der Waals surface area contributed by atoms with Crippen LogP contribution >= 0.6 is 16.4 Å². The van der Waals surface area contributed by atoms with Gasteiger partial charge in [-0.25, -0.2) is 0 Å². The van der Waals surface area contributed by atoms with Crippen LogP contribution in [0, 0.1) is 0 Å². The molecule has 0 fully saturated rings. The summed E-state index contributed by atoms with van der Waals surface area (Å²) in [5.74, 6) is 0.914. The highest BCUT2D eigenvalue weighted by Gasteiger charge is 2.22. The predicted octanol–water partition coefficient (Wildman–Crippen LogP) is 9.27. The van der Waals surface area contributed by atoms with E-state index in [1.54, 1.807) is 0 Å². The predicted molar refractivity (Wildman–Crippen MR) is 139 cm³/mol. The summed E-state index contributed by atoms with van der Waals surface area (Å²) < 4.78 is 0. The van der Waals surface area contributed by atoms with Gasteiger partial charge >= 0.3 is 0 Å². The van der Waals surface area contributed by atoms with Gasteiger partial charge in [-0.15, -0.1) is 16.4 Å². The van der Waals surface area contributed by atoms with Gasteiger partial charge in [-0.3, -0.25) is 0 Å². The van der Waals surface area contributed by atoms with Gasteiger partial charge < -0.3 is 0 Å². The minimum absolute atomic E-state index is 0.457. The quantitative estimate of drug-likeness (QED) is 0.267. The summed E-state index contributed by atoms with van der Waals surface area (Å²) in [6.45, 7) is 4.85. The zero-order valence-electron chi connectivity index (χ0n) is 17.2. The van der Waals surface area contributed by atoms with Crippen molar-refractivity contribution in [3.8, 4) is 0 Å². The summed E-state index contributed by atoms with van der Waals surface area (Å²) >= 11 is 0. The van der Waals surface area contributed by atoms with Crippen LogP contribution in [-0.2, 0) is 0 Å². The first-order valence-electron chi connectivity index (χ1n) is 10.7. The fourth-order valence-corrected chi connectivity index (χ4v) is 7.95. The van der Waals surface area contributed by atoms with E-state index in [2.05, 4.69) is 98.8 Å². The minimum Gasteiger partial charge on any atom is -0.123 e. The lowest BCUT2D eigenvalue weighted by Gasteiger charge is -2.23. The van der Waals surface area contributed by atoms with Gasteiger partial charge in [0, 0.05) is 0 Å². The normalized spacial score (nSPS) is 14.6. The van der Waals surface area contributed by atoms with Gasteiger partial charge in [-0.05, 0) is 65.0 Å². The fraction of sp³-hybridized carbons (Fsp3) is 0.143. The Bertz CT molecular complexity index is 1410. The Morgan fingerprint density at radius 2 is 0.867 bits per heavy atom. The van der Waals surface area contributed by atoms with Gasteiger partial charge in [0.05, 0.1) is 0 Å². The lowest BCUT2D eigenvalue weighted by atomic mass is 9.81. The van der Waals surface area contributed by atoms with Crippen molar-refractivity contribution >= 4 is 58.4 Å². The van der Waals surface area contributed by atoms with Gasteiger partial charge in [-0.2, -0.15) is 0 Å². The Morgan fingerprint density at radius 3 is 1.33 bits per heavy atom. The van der Waals surface area contributed by atoms with Gasteiger partial charge in [-0.1, -0.05) is 98.8 Å². The summed E-state index contributed by atoms with van der Waals surface area (Å²) in [5.41, 5.74) is 3.01. The average molecular weight is 422 g/mol. The lowest BCUT2D eigenvalue weighted by Crippen LogP contribution is -2.05. The van der Waals surface area contributed by atoms with Crippen LogP contribution in [0.15, 0.2) is 84.9 Å². The first kappa shape index (κ1) is 18.3. The molecular formula is C28H24P2. The molecule has 6 aromatic rings. The third kappa shape index (κ3) is 2.68. The van der Waals surface area contributed by atoms with Crippen LogP contribution in [0.2, 0.25) is 0 Å². The van der Waals surface area contributed by atoms with Gasteiger partial charge in [0.25, 0.3) is 0 Å². The summed E-state index contributed by atoms with van der Waals surface area (Å²) in [5, 5.41) is 11.9. The molecule has 2 heterocycles. The highest BCUT2D eigenvalue weighted by atomic mass is 31.0. The number of fused-ring (bicyclic) bond motifs is 6. The second-order valence-electron chi connectivity index (χ2n) is 8.46. The van der Waals surface area contributed by atoms with Crippen molar-refractivity contribution < 1.29 is 0 Å². The fourth-order valence-electron chi connectivity index (χ4n) is 5.16. The van der Waals surface area contributed by atoms with Crippen LogP contribution in [0.1, 0.15) is 36.8 Å². The van der Waals surface area contributed by atoms with E-state index in [1.807, 2.05) is 0 Å². The smallest absolute Gasteiger partial charge is 0.000316 e. The van der Waals surface area contributed by atoms with Gasteiger partial charge in [0.2, 0.25) is 0 Å². The molecule has 4 atom stereocenters. The average Bonchev–Trinajstić information content (AvgIpc) is 3.36. The first-order valence-corrected chi connectivity index (χ1v) is 12.7. The molecule has 0 aliphatic rings. The largest absolute Gasteiger partial charge is 0.123 e. The zero-order chi connectivity index (χ0) is 20.2. The lowest BCUT2D eigenvalue weighted by molar-refractivity contribution is 0.632. The molecule has 146 valence electrons. The molecule has 0 radical (unpaired) electrons. The molecule has 0 saturated carbocycles. The second-order valence-corrected chi connectivity index (χ2v) is 11.1. The summed E-state index contributed by atoms with van der Waals surface area (Å²) in [6.07, 6.45) is 0. The standard InChI is InChI=1S/C28H24P2/c1-17(19-11-7-15-25-27(19)21-9-3-5-13-23(21)29-25)18(2)20-12-8-16-26-28(20)22-10-4-6-14-24(22)30-26/h3-18,29-30H,1-2H3/t17-,18-/m0/s1. The Hall–Kier alpha value is -2.52. The number of hydrogen-bond donors (Lipinski definition) is 0. The summed E-state index contributed by atoms with van der Waals surface area (Å²) in [4.78, 5) is 0. The Morgan fingerprint density at radius 1 is 0.467 bits per heavy atom. The van der Waals surface area contributed by atoms with E-state index in [9.17, 15) is 0 Å². The van der Waals surface area contributed by atoms with Crippen molar-refractivity contribution in [1.82, 2.24) is 0 Å². The summed E-state index contributed by atoms with van der Waals surface area (Å²) in [6, 6.07) is 31.9. The first-order chi connectivity index (χ1) is 14.7. The molecule has 4 aromatic carbocycles. The van der Waals surface area contributed by atoms with Crippen LogP contribution in [0.5, 0.6) is 0 Å². The zero-order valence-corrected chi connectivity index (χ0v) is 19.2. The van der Waals surface area contributed by atoms with E-state index >= 15 is 0 Å². The van der Waals surface area contributed by atoms with E-state index in [0.717, 1.165) is 16.4 Å². The van der Waals surface area contributed by atoms with Crippen LogP contribution in [0.4, 0.5) is 0 Å². The van der Waals surface area contributed by atoms with Gasteiger partial charge in [0.1, 0.15) is 0 Å². The summed E-state index contributed by atoms with van der Waals surface area (Å²) in [7, 11) is 1.57. The molecule has 0 nitrogen and oxygen atoms in total. The van der Waals surface area contributed by atoms with Crippen molar-refractivity contribution in [2.75, 3.05) is 0 Å². The molecule has 0 N–H and O–H groups in total. The SMILES string of the molecule is C[C@H](c1cccc2[pH]c3ccccc3c12)[C@H](C)c1cccc2[pH]c3ccccc3c12. The van der Waals surface area contributed by atoms with Crippen LogP contribution in [-0.4, -0.2) is 0 Å². The topological polar surface area (TPSA) is 0 Å². The molecule has 0 aliphatic heterocycles. The molecule has 0 amide bonds. The highest BCUT2D eigenvalue weighted by Crippen LogP contribution is 2.47. The van der Waals surface area contributed by atoms with Crippen LogP contribution < -0.4 is 0 Å². The van der Waals surface area contributed by atoms with Crippen molar-refractivity contribution in [2.45, 2.75) is 25.7 Å². The third-order valence-electron chi connectivity index (χ3n) is 6.86. The molecule has 2 aromatic heterocycles. The molecule has 0 aliphatic carbocycles. The van der Waals surface area contributed by atoms with E-state index < -0.39 is 0 Å². The molecule has 6 rings (SSSR count). The van der Waals surface area contributed by atoms with Crippen molar-refractivity contribution in [3.63, 3.8) is 0 Å². The molecular weight excluding hydrogens is 398 g/mol. The molecule has 0 bridgehead atoms. The van der Waals surface area contributed by atoms with E-state index in [4.69, 9.17) is 0 Å². The van der Waals surface area contributed by atoms with Crippen molar-refractivity contribution in [2.24, 2.45) is 0 Å². The molecule has 30 heavy (non-hydrogen) atoms. The van der Waals surface area contributed by atoms with Gasteiger partial charge in [0.15, 0.2) is 0 Å². The highest BCUT2D eigenvalue weighted by molar-refractivity contribution is 7.44. The Balaban J connectivity index is 1.55.